The van der Waals surface area contributed by atoms with Gasteiger partial charge in [-0.2, -0.15) is 4.98 Å². The minimum Gasteiger partial charge on any atom is -0.495 e. The van der Waals surface area contributed by atoms with E-state index >= 15 is 0 Å². The highest BCUT2D eigenvalue weighted by atomic mass is 35.5. The van der Waals surface area contributed by atoms with Crippen LogP contribution < -0.4 is 20.3 Å². The number of amides is 1. The zero-order valence-corrected chi connectivity index (χ0v) is 23.1. The number of halogens is 1. The van der Waals surface area contributed by atoms with Gasteiger partial charge in [0.1, 0.15) is 23.0 Å². The van der Waals surface area contributed by atoms with Crippen LogP contribution in [0, 0.1) is 0 Å². The number of carbonyl (C=O) groups is 3. The average molecular weight is 582 g/mol. The highest BCUT2D eigenvalue weighted by Gasteiger charge is 2.30. The number of carbonyl (C=O) groups excluding carboxylic acids is 3. The molecule has 0 bridgehead atoms. The van der Waals surface area contributed by atoms with Crippen molar-refractivity contribution < 1.29 is 28.6 Å². The number of aromatic nitrogens is 4. The van der Waals surface area contributed by atoms with E-state index in [2.05, 4.69) is 35.3 Å². The second kappa shape index (κ2) is 14.0. The van der Waals surface area contributed by atoms with Gasteiger partial charge >= 0.3 is 11.9 Å². The van der Waals surface area contributed by atoms with Crippen LogP contribution >= 0.6 is 11.6 Å². The molecule has 0 unspecified atom stereocenters. The highest BCUT2D eigenvalue weighted by molar-refractivity contribution is 6.32. The topological polar surface area (TPSA) is 158 Å². The molecular weight excluding hydrogens is 554 g/mol. The molecule has 0 spiro atoms. The fourth-order valence-corrected chi connectivity index (χ4v) is 4.24. The number of methoxy groups -OCH3 is 2. The zero-order chi connectivity index (χ0) is 29.2. The largest absolute Gasteiger partial charge is 0.495 e. The molecule has 2 N–H and O–H groups in total. The number of hydrogen-bond acceptors (Lipinski definition) is 12. The van der Waals surface area contributed by atoms with Gasteiger partial charge in [0.15, 0.2) is 6.23 Å². The summed E-state index contributed by atoms with van der Waals surface area (Å²) in [6.45, 7) is 0.917. The first-order valence-electron chi connectivity index (χ1n) is 12.6. The van der Waals surface area contributed by atoms with Crippen molar-refractivity contribution in [3.05, 3.63) is 77.0 Å². The van der Waals surface area contributed by atoms with Gasteiger partial charge < -0.3 is 29.7 Å². The van der Waals surface area contributed by atoms with Gasteiger partial charge in [0.05, 0.1) is 25.8 Å². The summed E-state index contributed by atoms with van der Waals surface area (Å²) in [5.74, 6) is -0.304. The van der Waals surface area contributed by atoms with E-state index < -0.39 is 24.1 Å². The molecule has 0 radical (unpaired) electrons. The van der Waals surface area contributed by atoms with Crippen LogP contribution in [-0.2, 0) is 32.2 Å². The van der Waals surface area contributed by atoms with Gasteiger partial charge in [0, 0.05) is 50.3 Å². The Morgan fingerprint density at radius 2 is 1.88 bits per heavy atom. The summed E-state index contributed by atoms with van der Waals surface area (Å²) in [4.78, 5) is 55.6. The molecule has 14 heteroatoms. The van der Waals surface area contributed by atoms with E-state index in [1.54, 1.807) is 35.5 Å². The van der Waals surface area contributed by atoms with Crippen molar-refractivity contribution in [2.24, 2.45) is 0 Å². The molecule has 4 rings (SSSR count). The third-order valence-corrected chi connectivity index (χ3v) is 6.28. The lowest BCUT2D eigenvalue weighted by Gasteiger charge is -2.24. The monoisotopic (exact) mass is 581 g/mol. The number of rotatable bonds is 11. The standard InChI is InChI=1S/C27H28ClN7O6/c1-39-20-7-6-17(13-19(20)28)14-31-25-18(26(38)32-16-21-29-10-4-11-30-21)15-33-27(34-25)35-12-3-5-22(35)41-24(37)9-8-23(36)40-2/h4,6-11,13,15,22H,3,5,12,14,16H2,1-2H3,(H,32,38)(H,31,33,34)/b9-8+/t22-/m0/s1. The number of hydrogen-bond donors (Lipinski definition) is 2. The van der Waals surface area contributed by atoms with Crippen molar-refractivity contribution >= 4 is 41.2 Å². The third-order valence-electron chi connectivity index (χ3n) is 5.99. The molecule has 41 heavy (non-hydrogen) atoms. The Hall–Kier alpha value is -4.78. The SMILES string of the molecule is COC(=O)/C=C/C(=O)O[C@H]1CCCN1c1ncc(C(=O)NCc2ncccn2)c(NCc2ccc(OC)c(Cl)c2)n1. The van der Waals surface area contributed by atoms with Crippen LogP contribution in [0.3, 0.4) is 0 Å². The van der Waals surface area contributed by atoms with Crippen LogP contribution in [0.25, 0.3) is 0 Å². The van der Waals surface area contributed by atoms with E-state index in [4.69, 9.17) is 21.1 Å². The van der Waals surface area contributed by atoms with Crippen LogP contribution in [0.15, 0.2) is 55.0 Å². The van der Waals surface area contributed by atoms with Gasteiger partial charge in [-0.3, -0.25) is 4.79 Å². The minimum absolute atomic E-state index is 0.109. The molecule has 13 nitrogen and oxygen atoms in total. The number of benzene rings is 1. The van der Waals surface area contributed by atoms with E-state index in [0.717, 1.165) is 17.7 Å². The molecule has 2 aromatic heterocycles. The molecule has 3 heterocycles. The molecule has 1 aliphatic rings. The number of esters is 2. The lowest BCUT2D eigenvalue weighted by Crippen LogP contribution is -2.35. The van der Waals surface area contributed by atoms with Crippen LogP contribution in [0.5, 0.6) is 5.75 Å². The van der Waals surface area contributed by atoms with E-state index in [1.807, 2.05) is 6.07 Å². The molecule has 1 saturated heterocycles. The summed E-state index contributed by atoms with van der Waals surface area (Å²) in [6.07, 6.45) is 7.16. The van der Waals surface area contributed by atoms with E-state index in [-0.39, 0.29) is 23.9 Å². The third kappa shape index (κ3) is 7.88. The summed E-state index contributed by atoms with van der Waals surface area (Å²) in [7, 11) is 2.74. The Bertz CT molecular complexity index is 1420. The van der Waals surface area contributed by atoms with Crippen molar-refractivity contribution in [1.82, 2.24) is 25.3 Å². The van der Waals surface area contributed by atoms with E-state index in [9.17, 15) is 14.4 Å². The molecule has 1 atom stereocenters. The minimum atomic E-state index is -0.707. The van der Waals surface area contributed by atoms with Gasteiger partial charge in [-0.1, -0.05) is 17.7 Å². The van der Waals surface area contributed by atoms with Crippen LogP contribution in [0.1, 0.15) is 34.6 Å². The number of anilines is 2. The Morgan fingerprint density at radius 1 is 1.10 bits per heavy atom. The fourth-order valence-electron chi connectivity index (χ4n) is 3.96. The van der Waals surface area contributed by atoms with Crippen LogP contribution in [0.2, 0.25) is 5.02 Å². The van der Waals surface area contributed by atoms with Gasteiger partial charge in [-0.05, 0) is 30.2 Å². The maximum atomic E-state index is 13.1. The molecule has 1 fully saturated rings. The maximum absolute atomic E-state index is 13.1. The quantitative estimate of drug-likeness (QED) is 0.252. The van der Waals surface area contributed by atoms with Crippen molar-refractivity contribution in [2.75, 3.05) is 31.0 Å². The summed E-state index contributed by atoms with van der Waals surface area (Å²) >= 11 is 6.28. The highest BCUT2D eigenvalue weighted by Crippen LogP contribution is 2.27. The summed E-state index contributed by atoms with van der Waals surface area (Å²) in [5.41, 5.74) is 1.02. The average Bonchev–Trinajstić information content (AvgIpc) is 3.46. The first-order valence-corrected chi connectivity index (χ1v) is 13.0. The summed E-state index contributed by atoms with van der Waals surface area (Å²) in [6, 6.07) is 7.02. The van der Waals surface area contributed by atoms with Crippen LogP contribution in [-0.4, -0.2) is 64.8 Å². The fraction of sp³-hybridized carbons (Fsp3) is 0.296. The Morgan fingerprint density at radius 3 is 2.61 bits per heavy atom. The van der Waals surface area contributed by atoms with Gasteiger partial charge in [0.2, 0.25) is 5.95 Å². The Kier molecular flexibility index (Phi) is 9.99. The smallest absolute Gasteiger partial charge is 0.332 e. The van der Waals surface area contributed by atoms with Crippen molar-refractivity contribution in [3.8, 4) is 5.75 Å². The molecule has 1 aromatic carbocycles. The Labute approximate surface area is 240 Å². The van der Waals surface area contributed by atoms with Gasteiger partial charge in [-0.25, -0.2) is 24.5 Å². The lowest BCUT2D eigenvalue weighted by molar-refractivity contribution is -0.143. The van der Waals surface area contributed by atoms with Crippen molar-refractivity contribution in [1.29, 1.82) is 0 Å². The Balaban J connectivity index is 1.55. The molecule has 0 saturated carbocycles. The second-order valence-electron chi connectivity index (χ2n) is 8.69. The zero-order valence-electron chi connectivity index (χ0n) is 22.4. The number of nitrogens with zero attached hydrogens (tertiary/aromatic N) is 5. The second-order valence-corrected chi connectivity index (χ2v) is 9.09. The molecule has 0 aliphatic carbocycles. The van der Waals surface area contributed by atoms with E-state index in [1.165, 1.54) is 20.4 Å². The lowest BCUT2D eigenvalue weighted by atomic mass is 10.2. The molecule has 1 aliphatic heterocycles. The first-order chi connectivity index (χ1) is 19.9. The number of nitrogens with one attached hydrogen (secondary N) is 2. The summed E-state index contributed by atoms with van der Waals surface area (Å²) < 4.78 is 15.2. The summed E-state index contributed by atoms with van der Waals surface area (Å²) in [5, 5.41) is 6.42. The molecule has 214 valence electrons. The predicted octanol–water partition coefficient (Wildman–Crippen LogP) is 2.67. The normalized spacial score (nSPS) is 14.5. The van der Waals surface area contributed by atoms with Crippen molar-refractivity contribution in [3.63, 3.8) is 0 Å². The first kappa shape index (κ1) is 29.2. The molecular formula is C27H28ClN7O6. The maximum Gasteiger partial charge on any atom is 0.332 e. The predicted molar refractivity (Wildman–Crippen MR) is 148 cm³/mol. The molecule has 3 aromatic rings. The van der Waals surface area contributed by atoms with Gasteiger partial charge in [-0.15, -0.1) is 0 Å². The molecule has 1 amide bonds. The van der Waals surface area contributed by atoms with Crippen molar-refractivity contribution in [2.45, 2.75) is 32.2 Å². The van der Waals surface area contributed by atoms with Crippen LogP contribution in [0.4, 0.5) is 11.8 Å². The number of ether oxygens (including phenoxy) is 3. The van der Waals surface area contributed by atoms with E-state index in [0.29, 0.717) is 42.5 Å². The van der Waals surface area contributed by atoms with Gasteiger partial charge in [0.25, 0.3) is 5.91 Å².